The minimum absolute atomic E-state index is 0.394. The summed E-state index contributed by atoms with van der Waals surface area (Å²) < 4.78 is 5.15. The Morgan fingerprint density at radius 2 is 2.06 bits per heavy atom. The van der Waals surface area contributed by atoms with E-state index in [4.69, 9.17) is 4.74 Å². The van der Waals surface area contributed by atoms with Crippen LogP contribution in [0.1, 0.15) is 0 Å². The Morgan fingerprint density at radius 1 is 1.25 bits per heavy atom. The van der Waals surface area contributed by atoms with Gasteiger partial charge < -0.3 is 4.74 Å². The average molecular weight is 214 g/mol. The van der Waals surface area contributed by atoms with Crippen molar-refractivity contribution in [3.8, 4) is 5.75 Å². The summed E-state index contributed by atoms with van der Waals surface area (Å²) in [5, 5.41) is 3.78. The molecule has 0 amide bonds. The van der Waals surface area contributed by atoms with Crippen LogP contribution >= 0.6 is 0 Å². The Hall–Kier alpha value is -2.36. The van der Waals surface area contributed by atoms with Crippen molar-refractivity contribution in [2.24, 2.45) is 5.10 Å². The first-order valence-corrected chi connectivity index (χ1v) is 4.79. The fraction of sp³-hybridized carbons (Fsp3) is 0. The Kier molecular flexibility index (Phi) is 3.13. The largest absolute Gasteiger partial charge is 0.423 e. The van der Waals surface area contributed by atoms with Crippen LogP contribution in [0.15, 0.2) is 59.4 Å². The number of ether oxygens (including phenoxy) is 1. The van der Waals surface area contributed by atoms with Gasteiger partial charge in [0.15, 0.2) is 0 Å². The first-order valence-electron chi connectivity index (χ1n) is 4.79. The third kappa shape index (κ3) is 2.57. The van der Waals surface area contributed by atoms with E-state index < -0.39 is 5.97 Å². The molecule has 80 valence electrons. The predicted octanol–water partition coefficient (Wildman–Crippen LogP) is 1.62. The minimum Gasteiger partial charge on any atom is -0.423 e. The van der Waals surface area contributed by atoms with Crippen LogP contribution in [0, 0.1) is 0 Å². The minimum atomic E-state index is -0.428. The molecule has 1 aliphatic heterocycles. The molecule has 0 atom stereocenters. The monoisotopic (exact) mass is 214 g/mol. The Morgan fingerprint density at radius 3 is 2.88 bits per heavy atom. The summed E-state index contributed by atoms with van der Waals surface area (Å²) in [5.41, 5.74) is 3.02. The standard InChI is InChI=1S/C12H10N2O2/c15-12(10-5-4-8-13-14-9-10)16-11-6-2-1-3-7-11/h1-9,13H. The van der Waals surface area contributed by atoms with Crippen molar-refractivity contribution < 1.29 is 9.53 Å². The second kappa shape index (κ2) is 4.93. The zero-order valence-corrected chi connectivity index (χ0v) is 8.46. The number of nitrogens with one attached hydrogen (secondary N) is 1. The van der Waals surface area contributed by atoms with Gasteiger partial charge in [-0.15, -0.1) is 0 Å². The van der Waals surface area contributed by atoms with Crippen LogP contribution in [-0.4, -0.2) is 12.2 Å². The number of nitrogens with zero attached hydrogens (tertiary/aromatic N) is 1. The normalized spacial score (nSPS) is 13.6. The molecule has 1 N–H and O–H groups in total. The average Bonchev–Trinajstić information content (AvgIpc) is 2.59. The lowest BCUT2D eigenvalue weighted by molar-refractivity contribution is -0.129. The number of esters is 1. The number of carbonyl (C=O) groups is 1. The second-order valence-electron chi connectivity index (χ2n) is 3.07. The topological polar surface area (TPSA) is 50.7 Å². The highest BCUT2D eigenvalue weighted by atomic mass is 16.5. The van der Waals surface area contributed by atoms with E-state index >= 15 is 0 Å². The third-order valence-electron chi connectivity index (χ3n) is 1.91. The fourth-order valence-electron chi connectivity index (χ4n) is 1.16. The van der Waals surface area contributed by atoms with Crippen LogP contribution in [0.4, 0.5) is 0 Å². The first-order chi connectivity index (χ1) is 7.86. The smallest absolute Gasteiger partial charge is 0.345 e. The molecule has 16 heavy (non-hydrogen) atoms. The molecule has 0 fully saturated rings. The molecule has 0 unspecified atom stereocenters. The van der Waals surface area contributed by atoms with Gasteiger partial charge in [-0.3, -0.25) is 5.43 Å². The molecule has 0 aliphatic carbocycles. The van der Waals surface area contributed by atoms with Crippen molar-refractivity contribution in [1.29, 1.82) is 0 Å². The molecule has 0 spiro atoms. The summed E-state index contributed by atoms with van der Waals surface area (Å²) in [5.74, 6) is 0.0892. The van der Waals surface area contributed by atoms with E-state index in [0.717, 1.165) is 0 Å². The number of hydrazone groups is 1. The Labute approximate surface area is 92.9 Å². The van der Waals surface area contributed by atoms with E-state index in [0.29, 0.717) is 11.3 Å². The van der Waals surface area contributed by atoms with Crippen molar-refractivity contribution in [1.82, 2.24) is 5.43 Å². The van der Waals surface area contributed by atoms with E-state index in [1.165, 1.54) is 6.21 Å². The summed E-state index contributed by atoms with van der Waals surface area (Å²) in [7, 11) is 0. The lowest BCUT2D eigenvalue weighted by atomic mass is 10.2. The number of para-hydroxylation sites is 1. The number of carbonyl (C=O) groups excluding carboxylic acids is 1. The van der Waals surface area contributed by atoms with Crippen molar-refractivity contribution in [3.63, 3.8) is 0 Å². The lowest BCUT2D eigenvalue weighted by Crippen LogP contribution is -2.12. The molecule has 0 saturated carbocycles. The number of hydrogen-bond acceptors (Lipinski definition) is 4. The molecular formula is C12H10N2O2. The highest BCUT2D eigenvalue weighted by Crippen LogP contribution is 2.10. The van der Waals surface area contributed by atoms with Crippen LogP contribution in [0.5, 0.6) is 5.75 Å². The van der Waals surface area contributed by atoms with Crippen molar-refractivity contribution in [2.45, 2.75) is 0 Å². The van der Waals surface area contributed by atoms with Crippen LogP contribution in [0.2, 0.25) is 0 Å². The number of hydrogen-bond donors (Lipinski definition) is 1. The molecule has 0 saturated heterocycles. The molecule has 1 aromatic rings. The third-order valence-corrected chi connectivity index (χ3v) is 1.91. The Balaban J connectivity index is 2.09. The second-order valence-corrected chi connectivity index (χ2v) is 3.07. The highest BCUT2D eigenvalue weighted by molar-refractivity contribution is 6.10. The van der Waals surface area contributed by atoms with Gasteiger partial charge in [-0.1, -0.05) is 18.2 Å². The molecule has 2 rings (SSSR count). The molecule has 1 aliphatic rings. The molecule has 4 nitrogen and oxygen atoms in total. The number of rotatable bonds is 2. The van der Waals surface area contributed by atoms with E-state index in [-0.39, 0.29) is 0 Å². The summed E-state index contributed by atoms with van der Waals surface area (Å²) >= 11 is 0. The van der Waals surface area contributed by atoms with Crippen molar-refractivity contribution in [2.75, 3.05) is 0 Å². The van der Waals surface area contributed by atoms with Gasteiger partial charge in [0.05, 0.1) is 11.8 Å². The maximum Gasteiger partial charge on any atom is 0.345 e. The van der Waals surface area contributed by atoms with Crippen LogP contribution in [-0.2, 0) is 4.79 Å². The summed E-state index contributed by atoms with van der Waals surface area (Å²) in [6.45, 7) is 0. The molecule has 0 bridgehead atoms. The van der Waals surface area contributed by atoms with E-state index in [2.05, 4.69) is 10.5 Å². The van der Waals surface area contributed by atoms with Gasteiger partial charge in [-0.2, -0.15) is 5.10 Å². The molecule has 1 aromatic carbocycles. The van der Waals surface area contributed by atoms with E-state index in [1.807, 2.05) is 6.07 Å². The molecule has 1 heterocycles. The Bertz CT molecular complexity index is 461. The van der Waals surface area contributed by atoms with Gasteiger partial charge in [0.25, 0.3) is 0 Å². The summed E-state index contributed by atoms with van der Waals surface area (Å²) in [6.07, 6.45) is 6.37. The molecule has 4 heteroatoms. The van der Waals surface area contributed by atoms with Crippen LogP contribution in [0.3, 0.4) is 0 Å². The predicted molar refractivity (Wildman–Crippen MR) is 60.9 cm³/mol. The SMILES string of the molecule is O=C(Oc1ccccc1)C1=CC=CNN=C1. The fourth-order valence-corrected chi connectivity index (χ4v) is 1.16. The van der Waals surface area contributed by atoms with Crippen LogP contribution < -0.4 is 10.2 Å². The maximum atomic E-state index is 11.7. The molecular weight excluding hydrogens is 204 g/mol. The summed E-state index contributed by atoms with van der Waals surface area (Å²) in [6, 6.07) is 8.91. The van der Waals surface area contributed by atoms with E-state index in [9.17, 15) is 4.79 Å². The first kappa shape index (κ1) is 10.2. The highest BCUT2D eigenvalue weighted by Gasteiger charge is 2.09. The van der Waals surface area contributed by atoms with Gasteiger partial charge in [-0.05, 0) is 24.3 Å². The molecule has 0 radical (unpaired) electrons. The summed E-state index contributed by atoms with van der Waals surface area (Å²) in [4.78, 5) is 11.7. The quantitative estimate of drug-likeness (QED) is 0.601. The molecule has 0 aromatic heterocycles. The van der Waals surface area contributed by atoms with Gasteiger partial charge in [0, 0.05) is 6.20 Å². The van der Waals surface area contributed by atoms with Gasteiger partial charge in [-0.25, -0.2) is 4.79 Å². The lowest BCUT2D eigenvalue weighted by Gasteiger charge is -2.02. The van der Waals surface area contributed by atoms with Gasteiger partial charge in [0.1, 0.15) is 5.75 Å². The van der Waals surface area contributed by atoms with Gasteiger partial charge >= 0.3 is 5.97 Å². The van der Waals surface area contributed by atoms with Crippen LogP contribution in [0.25, 0.3) is 0 Å². The van der Waals surface area contributed by atoms with Crippen molar-refractivity contribution in [3.05, 3.63) is 54.3 Å². The maximum absolute atomic E-state index is 11.7. The number of allylic oxidation sites excluding steroid dienone is 2. The zero-order chi connectivity index (χ0) is 11.2. The number of benzene rings is 1. The zero-order valence-electron chi connectivity index (χ0n) is 8.46. The van der Waals surface area contributed by atoms with Gasteiger partial charge in [0.2, 0.25) is 0 Å². The van der Waals surface area contributed by atoms with E-state index in [1.54, 1.807) is 42.6 Å². The van der Waals surface area contributed by atoms with Crippen molar-refractivity contribution >= 4 is 12.2 Å².